The molecule has 1 unspecified atom stereocenters. The monoisotopic (exact) mass is 360 g/mol. The molecule has 0 bridgehead atoms. The van der Waals surface area contributed by atoms with Crippen molar-refractivity contribution < 1.29 is 24.3 Å². The number of thioether (sulfide) groups is 1. The number of rotatable bonds is 6. The number of aliphatic carboxylic acids is 1. The number of carboxylic acid groups (broad SMARTS) is 1. The summed E-state index contributed by atoms with van der Waals surface area (Å²) in [5, 5.41) is 6.92. The van der Waals surface area contributed by atoms with Crippen LogP contribution in [0.15, 0.2) is 0 Å². The van der Waals surface area contributed by atoms with Gasteiger partial charge in [-0.1, -0.05) is 18.7 Å². The molecule has 24 heavy (non-hydrogen) atoms. The van der Waals surface area contributed by atoms with E-state index in [0.717, 1.165) is 6.54 Å². The number of hydrogen-bond donors (Lipinski definition) is 1. The normalized spacial score (nSPS) is 15.8. The molecule has 7 nitrogen and oxygen atoms in total. The molecule has 1 atom stereocenters. The second kappa shape index (κ2) is 10.5. The van der Waals surface area contributed by atoms with E-state index in [2.05, 4.69) is 39.5 Å². The molecule has 8 heteroatoms. The van der Waals surface area contributed by atoms with Gasteiger partial charge in [-0.2, -0.15) is 0 Å². The Morgan fingerprint density at radius 2 is 1.54 bits per heavy atom. The Bertz CT molecular complexity index is 455. The molecule has 1 N–H and O–H groups in total. The van der Waals surface area contributed by atoms with Gasteiger partial charge in [0.15, 0.2) is 10.5 Å². The zero-order valence-corrected chi connectivity index (χ0v) is 16.1. The summed E-state index contributed by atoms with van der Waals surface area (Å²) < 4.78 is 0. The first-order valence-corrected chi connectivity index (χ1v) is 8.91. The summed E-state index contributed by atoms with van der Waals surface area (Å²) >= 11 is 0.458. The summed E-state index contributed by atoms with van der Waals surface area (Å²) in [6.07, 6.45) is 0.0299. The van der Waals surface area contributed by atoms with Crippen molar-refractivity contribution in [3.05, 3.63) is 0 Å². The highest BCUT2D eigenvalue weighted by Crippen LogP contribution is 2.23. The average Bonchev–Trinajstić information content (AvgIpc) is 2.76. The smallest absolute Gasteiger partial charge is 0.337 e. The fourth-order valence-electron chi connectivity index (χ4n) is 2.55. The van der Waals surface area contributed by atoms with Crippen molar-refractivity contribution in [1.82, 2.24) is 9.80 Å². The van der Waals surface area contributed by atoms with E-state index in [-0.39, 0.29) is 12.8 Å². The van der Waals surface area contributed by atoms with Crippen molar-refractivity contribution >= 4 is 34.7 Å². The Morgan fingerprint density at radius 1 is 1.12 bits per heavy atom. The summed E-state index contributed by atoms with van der Waals surface area (Å²) in [5.41, 5.74) is 0. The summed E-state index contributed by atoms with van der Waals surface area (Å²) in [4.78, 5) is 47.1. The van der Waals surface area contributed by atoms with Crippen molar-refractivity contribution in [2.75, 3.05) is 6.54 Å². The molecule has 0 aromatic carbocycles. The minimum atomic E-state index is -1.43. The maximum Gasteiger partial charge on any atom is 0.337 e. The highest BCUT2D eigenvalue weighted by molar-refractivity contribution is 8.14. The first-order chi connectivity index (χ1) is 11.0. The van der Waals surface area contributed by atoms with Crippen LogP contribution in [0, 0.1) is 0 Å². The molecule has 1 saturated heterocycles. The zero-order chi connectivity index (χ0) is 19.0. The molecule has 2 amide bonds. The van der Waals surface area contributed by atoms with Crippen LogP contribution < -0.4 is 0 Å². The third-order valence-electron chi connectivity index (χ3n) is 3.51. The first kappa shape index (κ1) is 22.6. The lowest BCUT2D eigenvalue weighted by molar-refractivity contribution is -0.150. The molecule has 1 fully saturated rings. The zero-order valence-electron chi connectivity index (χ0n) is 15.2. The van der Waals surface area contributed by atoms with E-state index in [4.69, 9.17) is 5.11 Å². The molecular formula is C16H28N2O5S. The number of imide groups is 1. The van der Waals surface area contributed by atoms with Crippen molar-refractivity contribution in [3.63, 3.8) is 0 Å². The van der Waals surface area contributed by atoms with Crippen LogP contribution in [-0.2, 0) is 19.2 Å². The quantitative estimate of drug-likeness (QED) is 0.723. The summed E-state index contributed by atoms with van der Waals surface area (Å²) in [6, 6.07) is 1.38. The molecule has 1 aliphatic heterocycles. The topological polar surface area (TPSA) is 95.0 Å². The highest BCUT2D eigenvalue weighted by Gasteiger charge is 2.39. The van der Waals surface area contributed by atoms with Gasteiger partial charge in [-0.05, 0) is 34.2 Å². The van der Waals surface area contributed by atoms with Gasteiger partial charge in [0.1, 0.15) is 0 Å². The van der Waals surface area contributed by atoms with Gasteiger partial charge in [0.2, 0.25) is 11.8 Å². The minimum Gasteiger partial charge on any atom is -0.479 e. The van der Waals surface area contributed by atoms with Crippen LogP contribution in [0.4, 0.5) is 0 Å². The van der Waals surface area contributed by atoms with Crippen molar-refractivity contribution in [3.8, 4) is 0 Å². The molecule has 1 heterocycles. The Morgan fingerprint density at radius 3 is 1.75 bits per heavy atom. The predicted molar refractivity (Wildman–Crippen MR) is 93.4 cm³/mol. The number of carboxylic acids is 1. The van der Waals surface area contributed by atoms with Crippen LogP contribution in [0.25, 0.3) is 0 Å². The summed E-state index contributed by atoms with van der Waals surface area (Å²) in [5.74, 6) is -2.44. The second-order valence-electron chi connectivity index (χ2n) is 5.98. The molecule has 1 aliphatic rings. The third-order valence-corrected chi connectivity index (χ3v) is 4.47. The van der Waals surface area contributed by atoms with Gasteiger partial charge in [0.25, 0.3) is 0 Å². The number of nitrogens with zero attached hydrogens (tertiary/aromatic N) is 2. The Labute approximate surface area is 147 Å². The van der Waals surface area contributed by atoms with Gasteiger partial charge in [0, 0.05) is 31.8 Å². The lowest BCUT2D eigenvalue weighted by atomic mass is 10.2. The standard InChI is InChI=1S/C8H9NO5S.C8H19N/c1-4(10)15-7(8(13)14)9-5(11)2-3-6(9)12;1-6-9(7(2)3)8(4)5/h7H,2-3H2,1H3,(H,13,14);7-8H,6H2,1-5H3. The minimum absolute atomic E-state index is 0.0150. The number of amides is 2. The van der Waals surface area contributed by atoms with Gasteiger partial charge in [0.05, 0.1) is 0 Å². The van der Waals surface area contributed by atoms with Gasteiger partial charge in [-0.15, -0.1) is 0 Å². The van der Waals surface area contributed by atoms with Gasteiger partial charge < -0.3 is 5.11 Å². The molecule has 0 aromatic rings. The van der Waals surface area contributed by atoms with E-state index in [0.29, 0.717) is 28.7 Å². The molecular weight excluding hydrogens is 332 g/mol. The Kier molecular flexibility index (Phi) is 9.84. The van der Waals surface area contributed by atoms with Crippen LogP contribution in [0.1, 0.15) is 54.4 Å². The maximum atomic E-state index is 11.2. The fourth-order valence-corrected chi connectivity index (χ4v) is 3.31. The molecule has 0 saturated carbocycles. The SMILES string of the molecule is CC(=O)SC(C(=O)O)N1C(=O)CCC1=O.CCN(C(C)C)C(C)C. The summed E-state index contributed by atoms with van der Waals surface area (Å²) in [6.45, 7) is 13.5. The predicted octanol–water partition coefficient (Wildman–Crippen LogP) is 1.95. The highest BCUT2D eigenvalue weighted by atomic mass is 32.2. The van der Waals surface area contributed by atoms with Crippen LogP contribution >= 0.6 is 11.8 Å². The van der Waals surface area contributed by atoms with E-state index in [1.807, 2.05) is 0 Å². The number of likely N-dealkylation sites (tertiary alicyclic amines) is 1. The van der Waals surface area contributed by atoms with E-state index in [9.17, 15) is 19.2 Å². The van der Waals surface area contributed by atoms with Crippen LogP contribution in [0.5, 0.6) is 0 Å². The van der Waals surface area contributed by atoms with Gasteiger partial charge in [-0.25, -0.2) is 4.79 Å². The molecule has 0 aromatic heterocycles. The van der Waals surface area contributed by atoms with E-state index < -0.39 is 28.3 Å². The second-order valence-corrected chi connectivity index (χ2v) is 7.23. The van der Waals surface area contributed by atoms with Crippen molar-refractivity contribution in [2.24, 2.45) is 0 Å². The van der Waals surface area contributed by atoms with E-state index >= 15 is 0 Å². The fraction of sp³-hybridized carbons (Fsp3) is 0.750. The van der Waals surface area contributed by atoms with Crippen molar-refractivity contribution in [2.45, 2.75) is 71.8 Å². The lowest BCUT2D eigenvalue weighted by Crippen LogP contribution is -2.42. The van der Waals surface area contributed by atoms with E-state index in [1.54, 1.807) is 0 Å². The maximum absolute atomic E-state index is 11.2. The first-order valence-electron chi connectivity index (χ1n) is 8.03. The lowest BCUT2D eigenvalue weighted by Gasteiger charge is -2.28. The number of hydrogen-bond acceptors (Lipinski definition) is 6. The Hall–Kier alpha value is -1.41. The molecule has 1 rings (SSSR count). The summed E-state index contributed by atoms with van der Waals surface area (Å²) in [7, 11) is 0. The van der Waals surface area contributed by atoms with Crippen LogP contribution in [0.2, 0.25) is 0 Å². The van der Waals surface area contributed by atoms with E-state index in [1.165, 1.54) is 6.92 Å². The molecule has 0 aliphatic carbocycles. The average molecular weight is 360 g/mol. The number of carbonyl (C=O) groups excluding carboxylic acids is 3. The molecule has 0 spiro atoms. The van der Waals surface area contributed by atoms with Crippen molar-refractivity contribution in [1.29, 1.82) is 0 Å². The number of carbonyl (C=O) groups is 4. The van der Waals surface area contributed by atoms with Crippen LogP contribution in [0.3, 0.4) is 0 Å². The van der Waals surface area contributed by atoms with Gasteiger partial charge in [-0.3, -0.25) is 24.2 Å². The molecule has 138 valence electrons. The third kappa shape index (κ3) is 7.00. The van der Waals surface area contributed by atoms with Gasteiger partial charge >= 0.3 is 5.97 Å². The Balaban J connectivity index is 0.000000506. The molecule has 0 radical (unpaired) electrons. The van der Waals surface area contributed by atoms with Crippen LogP contribution in [-0.4, -0.2) is 61.8 Å². The largest absolute Gasteiger partial charge is 0.479 e.